The Balaban J connectivity index is 1.59. The summed E-state index contributed by atoms with van der Waals surface area (Å²) in [6.07, 6.45) is 2.90. The van der Waals surface area contributed by atoms with Gasteiger partial charge in [0.25, 0.3) is 5.91 Å². The fourth-order valence-electron chi connectivity index (χ4n) is 3.68. The van der Waals surface area contributed by atoms with Crippen molar-refractivity contribution in [1.29, 1.82) is 0 Å². The van der Waals surface area contributed by atoms with E-state index in [1.165, 1.54) is 11.1 Å². The molecule has 0 saturated carbocycles. The second-order valence-electron chi connectivity index (χ2n) is 6.99. The number of aryl methyl sites for hydroxylation is 3. The number of nitrogens with one attached hydrogen (secondary N) is 2. The number of fused-ring (bicyclic) bond motifs is 2. The molecule has 1 amide bonds. The number of amides is 1. The van der Waals surface area contributed by atoms with Gasteiger partial charge < -0.3 is 15.1 Å². The summed E-state index contributed by atoms with van der Waals surface area (Å²) in [7, 11) is 0. The molecule has 5 heteroatoms. The van der Waals surface area contributed by atoms with Crippen LogP contribution in [-0.2, 0) is 19.5 Å². The van der Waals surface area contributed by atoms with Crippen molar-refractivity contribution in [2.24, 2.45) is 0 Å². The Hall–Kier alpha value is -2.66. The Labute approximate surface area is 152 Å². The average molecular weight is 349 g/mol. The van der Waals surface area contributed by atoms with Gasteiger partial charge in [-0.15, -0.1) is 0 Å². The Bertz CT molecular complexity index is 1000. The summed E-state index contributed by atoms with van der Waals surface area (Å²) in [6, 6.07) is 6.01. The molecule has 134 valence electrons. The second kappa shape index (κ2) is 6.57. The first-order valence-electron chi connectivity index (χ1n) is 8.99. The summed E-state index contributed by atoms with van der Waals surface area (Å²) in [4.78, 5) is 17.2. The molecule has 5 nitrogen and oxygen atoms in total. The molecular weight excluding hydrogens is 326 g/mol. The average Bonchev–Trinajstić information content (AvgIpc) is 2.96. The van der Waals surface area contributed by atoms with Crippen LogP contribution in [-0.4, -0.2) is 17.4 Å². The van der Waals surface area contributed by atoms with Crippen molar-refractivity contribution >= 4 is 16.9 Å². The molecule has 0 radical (unpaired) electrons. The van der Waals surface area contributed by atoms with Gasteiger partial charge in [-0.3, -0.25) is 9.78 Å². The largest absolute Gasteiger partial charge is 0.451 e. The van der Waals surface area contributed by atoms with E-state index >= 15 is 0 Å². The van der Waals surface area contributed by atoms with Gasteiger partial charge in [0.2, 0.25) is 0 Å². The van der Waals surface area contributed by atoms with E-state index in [4.69, 9.17) is 4.42 Å². The number of carbonyl (C=O) groups is 1. The number of rotatable bonds is 3. The zero-order valence-electron chi connectivity index (χ0n) is 15.4. The van der Waals surface area contributed by atoms with Crippen molar-refractivity contribution in [3.63, 3.8) is 0 Å². The van der Waals surface area contributed by atoms with E-state index < -0.39 is 0 Å². The van der Waals surface area contributed by atoms with E-state index in [0.29, 0.717) is 12.3 Å². The van der Waals surface area contributed by atoms with Gasteiger partial charge in [0.1, 0.15) is 5.58 Å². The summed E-state index contributed by atoms with van der Waals surface area (Å²) in [5.41, 5.74) is 7.39. The fourth-order valence-corrected chi connectivity index (χ4v) is 3.68. The molecule has 0 fully saturated rings. The zero-order chi connectivity index (χ0) is 18.3. The van der Waals surface area contributed by atoms with Gasteiger partial charge in [-0.1, -0.05) is 12.1 Å². The van der Waals surface area contributed by atoms with Crippen LogP contribution in [0.3, 0.4) is 0 Å². The highest BCUT2D eigenvalue weighted by Gasteiger charge is 2.20. The lowest BCUT2D eigenvalue weighted by atomic mass is 9.96. The van der Waals surface area contributed by atoms with Crippen LogP contribution in [0.5, 0.6) is 0 Å². The minimum atomic E-state index is -0.178. The van der Waals surface area contributed by atoms with Crippen LogP contribution >= 0.6 is 0 Å². The van der Waals surface area contributed by atoms with Crippen LogP contribution in [0.2, 0.25) is 0 Å². The van der Waals surface area contributed by atoms with Gasteiger partial charge in [0.05, 0.1) is 0 Å². The number of carbonyl (C=O) groups excluding carboxylic acids is 1. The second-order valence-corrected chi connectivity index (χ2v) is 6.99. The van der Waals surface area contributed by atoms with E-state index in [0.717, 1.165) is 52.9 Å². The smallest absolute Gasteiger partial charge is 0.287 e. The Morgan fingerprint density at radius 2 is 2.15 bits per heavy atom. The Morgan fingerprint density at radius 3 is 3.00 bits per heavy atom. The van der Waals surface area contributed by atoms with E-state index in [2.05, 4.69) is 15.6 Å². The van der Waals surface area contributed by atoms with E-state index in [-0.39, 0.29) is 5.91 Å². The van der Waals surface area contributed by atoms with E-state index in [1.807, 2.05) is 45.2 Å². The van der Waals surface area contributed by atoms with Gasteiger partial charge in [-0.05, 0) is 62.1 Å². The first kappa shape index (κ1) is 16.8. The van der Waals surface area contributed by atoms with Crippen molar-refractivity contribution < 1.29 is 9.21 Å². The third kappa shape index (κ3) is 2.88. The highest BCUT2D eigenvalue weighted by atomic mass is 16.3. The normalized spacial score (nSPS) is 13.7. The molecule has 0 atom stereocenters. The van der Waals surface area contributed by atoms with Crippen LogP contribution in [0.15, 0.2) is 28.8 Å². The molecule has 4 rings (SSSR count). The summed E-state index contributed by atoms with van der Waals surface area (Å²) < 4.78 is 5.84. The quantitative estimate of drug-likeness (QED) is 0.761. The van der Waals surface area contributed by atoms with Crippen LogP contribution in [0, 0.1) is 20.8 Å². The van der Waals surface area contributed by atoms with Crippen LogP contribution in [0.1, 0.15) is 44.1 Å². The fraction of sp³-hybridized carbons (Fsp3) is 0.333. The molecule has 0 bridgehead atoms. The minimum Gasteiger partial charge on any atom is -0.451 e. The predicted octanol–water partition coefficient (Wildman–Crippen LogP) is 3.33. The Kier molecular flexibility index (Phi) is 4.24. The molecule has 2 aromatic heterocycles. The summed E-state index contributed by atoms with van der Waals surface area (Å²) >= 11 is 0. The van der Waals surface area contributed by atoms with E-state index in [1.54, 1.807) is 0 Å². The SMILES string of the molecule is Cc1ccc2c(C)c(C(=O)NCc3c(C)ncc4c3CCNC4)oc2c1. The zero-order valence-corrected chi connectivity index (χ0v) is 15.4. The lowest BCUT2D eigenvalue weighted by Gasteiger charge is -2.21. The maximum atomic E-state index is 12.7. The van der Waals surface area contributed by atoms with Crippen LogP contribution in [0.25, 0.3) is 11.0 Å². The number of nitrogens with zero attached hydrogens (tertiary/aromatic N) is 1. The third-order valence-corrected chi connectivity index (χ3v) is 5.20. The highest BCUT2D eigenvalue weighted by molar-refractivity contribution is 5.99. The summed E-state index contributed by atoms with van der Waals surface area (Å²) in [5, 5.41) is 7.38. The number of aromatic nitrogens is 1. The Morgan fingerprint density at radius 1 is 1.31 bits per heavy atom. The molecule has 0 spiro atoms. The van der Waals surface area contributed by atoms with Crippen molar-refractivity contribution in [2.75, 3.05) is 6.54 Å². The summed E-state index contributed by atoms with van der Waals surface area (Å²) in [6.45, 7) is 8.21. The number of furan rings is 1. The van der Waals surface area contributed by atoms with Crippen LogP contribution < -0.4 is 10.6 Å². The first-order valence-corrected chi connectivity index (χ1v) is 8.99. The molecule has 2 N–H and O–H groups in total. The number of hydrogen-bond donors (Lipinski definition) is 2. The highest BCUT2D eigenvalue weighted by Crippen LogP contribution is 2.26. The maximum Gasteiger partial charge on any atom is 0.287 e. The molecule has 1 aromatic carbocycles. The monoisotopic (exact) mass is 349 g/mol. The van der Waals surface area contributed by atoms with Crippen molar-refractivity contribution in [3.8, 4) is 0 Å². The molecule has 0 aliphatic carbocycles. The number of benzene rings is 1. The standard InChI is InChI=1S/C21H23N3O2/c1-12-4-5-16-13(2)20(26-19(16)8-12)21(25)24-11-18-14(3)23-10-15-9-22-7-6-17(15)18/h4-5,8,10,22H,6-7,9,11H2,1-3H3,(H,24,25). The molecule has 26 heavy (non-hydrogen) atoms. The van der Waals surface area contributed by atoms with Gasteiger partial charge >= 0.3 is 0 Å². The first-order chi connectivity index (χ1) is 12.5. The van der Waals surface area contributed by atoms with Gasteiger partial charge in [-0.2, -0.15) is 0 Å². The van der Waals surface area contributed by atoms with Gasteiger partial charge in [0, 0.05) is 35.9 Å². The molecule has 3 heterocycles. The molecule has 0 saturated heterocycles. The topological polar surface area (TPSA) is 67.2 Å². The van der Waals surface area contributed by atoms with Gasteiger partial charge in [0.15, 0.2) is 5.76 Å². The molecular formula is C21H23N3O2. The van der Waals surface area contributed by atoms with Gasteiger partial charge in [-0.25, -0.2) is 0 Å². The van der Waals surface area contributed by atoms with Crippen molar-refractivity contribution in [1.82, 2.24) is 15.6 Å². The minimum absolute atomic E-state index is 0.178. The predicted molar refractivity (Wildman–Crippen MR) is 101 cm³/mol. The van der Waals surface area contributed by atoms with Crippen molar-refractivity contribution in [3.05, 3.63) is 63.7 Å². The number of pyridine rings is 1. The maximum absolute atomic E-state index is 12.7. The molecule has 1 aliphatic rings. The summed E-state index contributed by atoms with van der Waals surface area (Å²) in [5.74, 6) is 0.213. The lowest BCUT2D eigenvalue weighted by Crippen LogP contribution is -2.29. The number of hydrogen-bond acceptors (Lipinski definition) is 4. The molecule has 0 unspecified atom stereocenters. The lowest BCUT2D eigenvalue weighted by molar-refractivity contribution is 0.0924. The molecule has 3 aromatic rings. The van der Waals surface area contributed by atoms with E-state index in [9.17, 15) is 4.79 Å². The van der Waals surface area contributed by atoms with Crippen molar-refractivity contribution in [2.45, 2.75) is 40.3 Å². The molecule has 1 aliphatic heterocycles. The third-order valence-electron chi connectivity index (χ3n) is 5.20. The van der Waals surface area contributed by atoms with Crippen LogP contribution in [0.4, 0.5) is 0 Å².